The van der Waals surface area contributed by atoms with Gasteiger partial charge in [0, 0.05) is 23.6 Å². The molecule has 2 N–H and O–H groups in total. The van der Waals surface area contributed by atoms with Gasteiger partial charge in [0.15, 0.2) is 11.5 Å². The molecule has 0 saturated carbocycles. The molecular weight excluding hydrogens is 626 g/mol. The second kappa shape index (κ2) is 17.1. The van der Waals surface area contributed by atoms with Crippen LogP contribution in [0.4, 0.5) is 11.4 Å². The molecule has 47 heavy (non-hydrogen) atoms. The SMILES string of the molecule is CCOc1cc(C=NNC(=O)[C@H](CSCc2ccccc2)NC(=O)c2cc([N+](=O)[O-])cc([N+](=O)[O-])c2)ccc1OCc1ccccc1. The molecule has 0 aliphatic carbocycles. The molecule has 1 atom stereocenters. The molecule has 0 saturated heterocycles. The lowest BCUT2D eigenvalue weighted by atomic mass is 10.1. The summed E-state index contributed by atoms with van der Waals surface area (Å²) in [5.41, 5.74) is 3.42. The average molecular weight is 658 g/mol. The van der Waals surface area contributed by atoms with Crippen molar-refractivity contribution in [1.29, 1.82) is 0 Å². The Bertz CT molecular complexity index is 1710. The number of carbonyl (C=O) groups excluding carboxylic acids is 2. The quantitative estimate of drug-likeness (QED) is 0.0874. The number of amides is 2. The molecule has 13 nitrogen and oxygen atoms in total. The van der Waals surface area contributed by atoms with Crippen molar-refractivity contribution in [3.63, 3.8) is 0 Å². The number of nitrogens with one attached hydrogen (secondary N) is 2. The number of non-ortho nitro benzene ring substituents is 2. The molecule has 0 aromatic heterocycles. The second-order valence-electron chi connectivity index (χ2n) is 9.93. The summed E-state index contributed by atoms with van der Waals surface area (Å²) in [5.74, 6) is 0.117. The third-order valence-corrected chi connectivity index (χ3v) is 7.60. The number of nitrogens with zero attached hydrogens (tertiary/aromatic N) is 3. The van der Waals surface area contributed by atoms with Gasteiger partial charge in [-0.2, -0.15) is 16.9 Å². The van der Waals surface area contributed by atoms with Gasteiger partial charge < -0.3 is 14.8 Å². The fourth-order valence-electron chi connectivity index (χ4n) is 4.21. The van der Waals surface area contributed by atoms with Crippen LogP contribution in [0.1, 0.15) is 34.0 Å². The van der Waals surface area contributed by atoms with Gasteiger partial charge in [0.05, 0.1) is 34.3 Å². The highest BCUT2D eigenvalue weighted by Gasteiger charge is 2.25. The van der Waals surface area contributed by atoms with E-state index < -0.39 is 39.1 Å². The van der Waals surface area contributed by atoms with E-state index in [9.17, 15) is 29.8 Å². The van der Waals surface area contributed by atoms with Crippen LogP contribution in [0.2, 0.25) is 0 Å². The van der Waals surface area contributed by atoms with Gasteiger partial charge in [-0.05, 0) is 41.8 Å². The molecule has 0 aliphatic heterocycles. The highest BCUT2D eigenvalue weighted by molar-refractivity contribution is 7.98. The minimum absolute atomic E-state index is 0.112. The first-order valence-electron chi connectivity index (χ1n) is 14.4. The first-order chi connectivity index (χ1) is 22.7. The lowest BCUT2D eigenvalue weighted by Gasteiger charge is -2.17. The number of rotatable bonds is 16. The summed E-state index contributed by atoms with van der Waals surface area (Å²) in [6.45, 7) is 2.59. The summed E-state index contributed by atoms with van der Waals surface area (Å²) >= 11 is 1.36. The van der Waals surface area contributed by atoms with E-state index in [2.05, 4.69) is 15.8 Å². The standard InChI is InChI=1S/C33H31N5O8S/c1-2-45-31-15-25(13-14-30(31)46-20-23-9-5-3-6-10-23)19-34-36-33(40)29(22-47-21-24-11-7-4-8-12-24)35-32(39)26-16-27(37(41)42)18-28(17-26)38(43)44/h3-19,29H,2,20-22H2,1H3,(H,35,39)(H,36,40)/t29-/m0/s1. The van der Waals surface area contributed by atoms with Crippen molar-refractivity contribution in [2.24, 2.45) is 5.10 Å². The second-order valence-corrected chi connectivity index (χ2v) is 11.0. The first kappa shape index (κ1) is 34.1. The van der Waals surface area contributed by atoms with Crippen molar-refractivity contribution in [3.05, 3.63) is 140 Å². The van der Waals surface area contributed by atoms with Gasteiger partial charge in [0.1, 0.15) is 12.6 Å². The van der Waals surface area contributed by atoms with Crippen LogP contribution < -0.4 is 20.2 Å². The Hall–Kier alpha value is -5.76. The molecule has 0 heterocycles. The topological polar surface area (TPSA) is 175 Å². The normalized spacial score (nSPS) is 11.4. The molecule has 0 bridgehead atoms. The molecule has 0 spiro atoms. The van der Waals surface area contributed by atoms with Crippen molar-refractivity contribution in [3.8, 4) is 11.5 Å². The zero-order valence-corrected chi connectivity index (χ0v) is 26.1. The van der Waals surface area contributed by atoms with Gasteiger partial charge in [-0.1, -0.05) is 60.7 Å². The summed E-state index contributed by atoms with van der Waals surface area (Å²) in [6.07, 6.45) is 1.40. The van der Waals surface area contributed by atoms with Gasteiger partial charge >= 0.3 is 0 Å². The maximum atomic E-state index is 13.2. The summed E-state index contributed by atoms with van der Waals surface area (Å²) in [5, 5.41) is 29.2. The summed E-state index contributed by atoms with van der Waals surface area (Å²) in [6, 6.07) is 25.8. The lowest BCUT2D eigenvalue weighted by molar-refractivity contribution is -0.394. The molecule has 0 radical (unpaired) electrons. The minimum Gasteiger partial charge on any atom is -0.490 e. The number of ether oxygens (including phenoxy) is 2. The smallest absolute Gasteiger partial charge is 0.277 e. The Morgan fingerprint density at radius 1 is 0.851 bits per heavy atom. The number of carbonyl (C=O) groups is 2. The van der Waals surface area contributed by atoms with E-state index in [1.165, 1.54) is 18.0 Å². The van der Waals surface area contributed by atoms with Crippen molar-refractivity contribution in [2.45, 2.75) is 25.3 Å². The summed E-state index contributed by atoms with van der Waals surface area (Å²) in [7, 11) is 0. The molecule has 4 aromatic carbocycles. The Morgan fingerprint density at radius 2 is 1.49 bits per heavy atom. The number of hydrogen-bond acceptors (Lipinski definition) is 10. The van der Waals surface area contributed by atoms with Crippen LogP contribution in [0.3, 0.4) is 0 Å². The van der Waals surface area contributed by atoms with Gasteiger partial charge in [0.2, 0.25) is 0 Å². The van der Waals surface area contributed by atoms with E-state index in [4.69, 9.17) is 9.47 Å². The average Bonchev–Trinajstić information content (AvgIpc) is 3.08. The van der Waals surface area contributed by atoms with Crippen LogP contribution in [0.5, 0.6) is 11.5 Å². The van der Waals surface area contributed by atoms with E-state index >= 15 is 0 Å². The Labute approximate surface area is 274 Å². The van der Waals surface area contributed by atoms with Crippen LogP contribution in [0, 0.1) is 20.2 Å². The zero-order valence-electron chi connectivity index (χ0n) is 25.2. The van der Waals surface area contributed by atoms with Gasteiger partial charge in [-0.15, -0.1) is 0 Å². The van der Waals surface area contributed by atoms with Crippen molar-refractivity contribution >= 4 is 41.2 Å². The van der Waals surface area contributed by atoms with Crippen molar-refractivity contribution < 1.29 is 28.9 Å². The molecule has 2 amide bonds. The zero-order chi connectivity index (χ0) is 33.6. The highest BCUT2D eigenvalue weighted by Crippen LogP contribution is 2.29. The third kappa shape index (κ3) is 10.4. The molecule has 4 rings (SSSR count). The minimum atomic E-state index is -1.14. The fourth-order valence-corrected chi connectivity index (χ4v) is 5.22. The Balaban J connectivity index is 1.47. The van der Waals surface area contributed by atoms with E-state index in [1.807, 2.05) is 67.6 Å². The Morgan fingerprint density at radius 3 is 2.11 bits per heavy atom. The van der Waals surface area contributed by atoms with Crippen LogP contribution in [0.25, 0.3) is 0 Å². The third-order valence-electron chi connectivity index (χ3n) is 6.50. The van der Waals surface area contributed by atoms with Gasteiger partial charge in [-0.25, -0.2) is 5.43 Å². The molecule has 4 aromatic rings. The largest absolute Gasteiger partial charge is 0.490 e. The monoisotopic (exact) mass is 657 g/mol. The molecule has 0 unspecified atom stereocenters. The molecular formula is C33H31N5O8S. The Kier molecular flexibility index (Phi) is 12.4. The maximum Gasteiger partial charge on any atom is 0.277 e. The highest BCUT2D eigenvalue weighted by atomic mass is 32.2. The van der Waals surface area contributed by atoms with Gasteiger partial charge in [0.25, 0.3) is 23.2 Å². The predicted octanol–water partition coefficient (Wildman–Crippen LogP) is 5.66. The molecule has 242 valence electrons. The summed E-state index contributed by atoms with van der Waals surface area (Å²) < 4.78 is 11.7. The number of benzene rings is 4. The number of nitro groups is 2. The maximum absolute atomic E-state index is 13.2. The van der Waals surface area contributed by atoms with Crippen molar-refractivity contribution in [1.82, 2.24) is 10.7 Å². The van der Waals surface area contributed by atoms with Crippen LogP contribution in [-0.4, -0.2) is 46.3 Å². The fraction of sp³-hybridized carbons (Fsp3) is 0.182. The van der Waals surface area contributed by atoms with Crippen molar-refractivity contribution in [2.75, 3.05) is 12.4 Å². The lowest BCUT2D eigenvalue weighted by Crippen LogP contribution is -2.47. The number of hydrazone groups is 1. The summed E-state index contributed by atoms with van der Waals surface area (Å²) in [4.78, 5) is 47.3. The van der Waals surface area contributed by atoms with E-state index in [-0.39, 0.29) is 11.3 Å². The predicted molar refractivity (Wildman–Crippen MR) is 178 cm³/mol. The van der Waals surface area contributed by atoms with Crippen LogP contribution in [-0.2, 0) is 17.2 Å². The number of hydrogen-bond donors (Lipinski definition) is 2. The number of nitro benzene ring substituents is 2. The van der Waals surface area contributed by atoms with E-state index in [0.29, 0.717) is 36.0 Å². The van der Waals surface area contributed by atoms with Crippen LogP contribution in [0.15, 0.2) is 102 Å². The van der Waals surface area contributed by atoms with E-state index in [0.717, 1.165) is 29.3 Å². The van der Waals surface area contributed by atoms with Crippen LogP contribution >= 0.6 is 11.8 Å². The number of thioether (sulfide) groups is 1. The molecule has 0 fully saturated rings. The molecule has 14 heteroatoms. The first-order valence-corrected chi connectivity index (χ1v) is 15.5. The van der Waals surface area contributed by atoms with Gasteiger partial charge in [-0.3, -0.25) is 29.8 Å². The van der Waals surface area contributed by atoms with E-state index in [1.54, 1.807) is 18.2 Å². The molecule has 0 aliphatic rings.